The molecule has 236 valence electrons. The van der Waals surface area contributed by atoms with Gasteiger partial charge in [0.2, 0.25) is 5.89 Å². The molecule has 2 saturated carbocycles. The van der Waals surface area contributed by atoms with Crippen molar-refractivity contribution in [1.82, 2.24) is 10.3 Å². The number of alkyl halides is 2. The maximum atomic E-state index is 13.4. The molecule has 3 fully saturated rings. The van der Waals surface area contributed by atoms with Gasteiger partial charge < -0.3 is 28.5 Å². The molecule has 1 saturated heterocycles. The van der Waals surface area contributed by atoms with Gasteiger partial charge in [-0.15, -0.1) is 0 Å². The molecule has 3 aliphatic rings. The first-order chi connectivity index (χ1) is 20.8. The van der Waals surface area contributed by atoms with Crippen LogP contribution in [0.3, 0.4) is 0 Å². The number of esters is 1. The highest BCUT2D eigenvalue weighted by atomic mass is 19.3. The van der Waals surface area contributed by atoms with Crippen molar-refractivity contribution >= 4 is 29.7 Å². The maximum Gasteiger partial charge on any atom is 0.495 e. The van der Waals surface area contributed by atoms with Crippen LogP contribution in [0.4, 0.5) is 8.78 Å². The predicted octanol–water partition coefficient (Wildman–Crippen LogP) is 6.31. The number of benzene rings is 2. The smallest absolute Gasteiger partial charge is 0.469 e. The van der Waals surface area contributed by atoms with Crippen molar-refractivity contribution in [2.75, 3.05) is 13.7 Å². The summed E-state index contributed by atoms with van der Waals surface area (Å²) >= 11 is 0. The highest BCUT2D eigenvalue weighted by Crippen LogP contribution is 2.63. The number of nitrogens with zero attached hydrogens (tertiary/aromatic N) is 1. The maximum absolute atomic E-state index is 13.4. The molecule has 8 nitrogen and oxygen atoms in total. The lowest BCUT2D eigenvalue weighted by Crippen LogP contribution is -2.41. The summed E-state index contributed by atoms with van der Waals surface area (Å²) in [5, 5.41) is 3.41. The second-order valence-corrected chi connectivity index (χ2v) is 13.8. The number of carbonyl (C=O) groups excluding carboxylic acids is 1. The summed E-state index contributed by atoms with van der Waals surface area (Å²) < 4.78 is 55.4. The number of rotatable bonds is 10. The number of ether oxygens (including phenoxy) is 2. The van der Waals surface area contributed by atoms with Crippen molar-refractivity contribution in [3.8, 4) is 17.2 Å². The topological polar surface area (TPSA) is 92.1 Å². The van der Waals surface area contributed by atoms with Crippen LogP contribution in [0.25, 0.3) is 22.6 Å². The Bertz CT molecular complexity index is 1550. The van der Waals surface area contributed by atoms with Gasteiger partial charge in [0.25, 0.3) is 0 Å². The Hall–Kier alpha value is -3.02. The lowest BCUT2D eigenvalue weighted by atomic mass is 9.75. The average molecular weight is 611 g/mol. The molecule has 0 amide bonds. The van der Waals surface area contributed by atoms with Crippen LogP contribution in [0.5, 0.6) is 5.75 Å². The number of nitrogens with one attached hydrogen (secondary N) is 1. The van der Waals surface area contributed by atoms with E-state index in [0.717, 1.165) is 55.1 Å². The number of fused-ring (bicyclic) bond motifs is 3. The van der Waals surface area contributed by atoms with Gasteiger partial charge in [0.05, 0.1) is 23.7 Å². The summed E-state index contributed by atoms with van der Waals surface area (Å²) in [5.41, 5.74) is 2.85. The molecule has 44 heavy (non-hydrogen) atoms. The Labute approximate surface area is 257 Å². The minimum Gasteiger partial charge on any atom is -0.469 e. The molecule has 3 aromatic rings. The molecule has 0 radical (unpaired) electrons. The zero-order valence-electron chi connectivity index (χ0n) is 26.4. The van der Waals surface area contributed by atoms with Crippen molar-refractivity contribution in [2.45, 2.75) is 97.5 Å². The van der Waals surface area contributed by atoms with Crippen molar-refractivity contribution in [2.24, 2.45) is 10.8 Å². The number of methoxy groups -OCH3 is 1. The summed E-state index contributed by atoms with van der Waals surface area (Å²) in [6.07, 6.45) is 5.52. The van der Waals surface area contributed by atoms with E-state index in [1.165, 1.54) is 13.2 Å². The van der Waals surface area contributed by atoms with Crippen molar-refractivity contribution < 1.29 is 36.8 Å². The summed E-state index contributed by atoms with van der Waals surface area (Å²) in [6.45, 7) is 8.06. The van der Waals surface area contributed by atoms with E-state index in [1.54, 1.807) is 6.07 Å². The van der Waals surface area contributed by atoms with E-state index in [1.807, 2.05) is 52.8 Å². The molecule has 1 aromatic heterocycles. The second-order valence-electron chi connectivity index (χ2n) is 13.8. The molecule has 6 rings (SSSR count). The van der Waals surface area contributed by atoms with Crippen molar-refractivity contribution in [3.05, 3.63) is 41.5 Å². The molecular formula is C33H41BF2N2O6. The van der Waals surface area contributed by atoms with E-state index in [2.05, 4.69) is 5.32 Å². The van der Waals surface area contributed by atoms with E-state index >= 15 is 0 Å². The van der Waals surface area contributed by atoms with Gasteiger partial charge in [-0.1, -0.05) is 12.1 Å². The van der Waals surface area contributed by atoms with Gasteiger partial charge in [-0.3, -0.25) is 4.79 Å². The lowest BCUT2D eigenvalue weighted by Gasteiger charge is -2.32. The molecular weight excluding hydrogens is 569 g/mol. The van der Waals surface area contributed by atoms with Gasteiger partial charge in [-0.2, -0.15) is 8.78 Å². The van der Waals surface area contributed by atoms with Crippen LogP contribution in [0.15, 0.2) is 34.7 Å². The molecule has 2 aliphatic carbocycles. The second kappa shape index (κ2) is 11.1. The van der Waals surface area contributed by atoms with Gasteiger partial charge in [0.1, 0.15) is 11.3 Å². The number of hydrogen-bond acceptors (Lipinski definition) is 8. The SMILES string of the molecule is COC(=O)C12CCC(CCNCc3cc4nc(-c5cccc(B6OC(C)(C)C(C)(C)O6)c5C)oc4cc3OC(F)F)(CC1)C2. The van der Waals surface area contributed by atoms with Gasteiger partial charge in [-0.25, -0.2) is 4.98 Å². The van der Waals surface area contributed by atoms with E-state index in [0.29, 0.717) is 35.6 Å². The summed E-state index contributed by atoms with van der Waals surface area (Å²) in [5.74, 6) is 0.337. The molecule has 2 bridgehead atoms. The molecule has 0 spiro atoms. The van der Waals surface area contributed by atoms with E-state index in [-0.39, 0.29) is 22.5 Å². The van der Waals surface area contributed by atoms with Gasteiger partial charge >= 0.3 is 19.7 Å². The monoisotopic (exact) mass is 610 g/mol. The molecule has 0 unspecified atom stereocenters. The lowest BCUT2D eigenvalue weighted by molar-refractivity contribution is -0.152. The number of hydrogen-bond donors (Lipinski definition) is 1. The highest BCUT2D eigenvalue weighted by Gasteiger charge is 2.58. The first-order valence-corrected chi connectivity index (χ1v) is 15.4. The fourth-order valence-electron chi connectivity index (χ4n) is 7.31. The molecule has 2 aromatic carbocycles. The average Bonchev–Trinajstić information content (AvgIpc) is 3.70. The summed E-state index contributed by atoms with van der Waals surface area (Å²) in [7, 11) is 0.919. The Kier molecular flexibility index (Phi) is 7.82. The van der Waals surface area contributed by atoms with Crippen LogP contribution in [0.1, 0.15) is 77.3 Å². The van der Waals surface area contributed by atoms with Crippen molar-refractivity contribution in [1.29, 1.82) is 0 Å². The fourth-order valence-corrected chi connectivity index (χ4v) is 7.31. The first kappa shape index (κ1) is 31.0. The summed E-state index contributed by atoms with van der Waals surface area (Å²) in [4.78, 5) is 17.1. The molecule has 1 N–H and O–H groups in total. The Morgan fingerprint density at radius 3 is 2.45 bits per heavy atom. The third-order valence-electron chi connectivity index (χ3n) is 10.6. The van der Waals surface area contributed by atoms with E-state index in [9.17, 15) is 13.6 Å². The van der Waals surface area contributed by atoms with E-state index in [4.69, 9.17) is 28.2 Å². The number of oxazole rings is 1. The molecule has 1 aliphatic heterocycles. The van der Waals surface area contributed by atoms with E-state index < -0.39 is 24.9 Å². The summed E-state index contributed by atoms with van der Waals surface area (Å²) in [6, 6.07) is 9.01. The third-order valence-corrected chi connectivity index (χ3v) is 10.6. The first-order valence-electron chi connectivity index (χ1n) is 15.4. The van der Waals surface area contributed by atoms with Crippen LogP contribution in [0, 0.1) is 17.8 Å². The Balaban J connectivity index is 1.20. The number of halogens is 2. The minimum absolute atomic E-state index is 0.0509. The van der Waals surface area contributed by atoms with Crippen LogP contribution in [-0.2, 0) is 25.4 Å². The van der Waals surface area contributed by atoms with Crippen LogP contribution in [0.2, 0.25) is 0 Å². The number of carbonyl (C=O) groups is 1. The number of aromatic nitrogens is 1. The Morgan fingerprint density at radius 2 is 1.80 bits per heavy atom. The van der Waals surface area contributed by atoms with Gasteiger partial charge in [-0.05, 0) is 108 Å². The predicted molar refractivity (Wildman–Crippen MR) is 163 cm³/mol. The zero-order valence-corrected chi connectivity index (χ0v) is 26.4. The molecule has 11 heteroatoms. The van der Waals surface area contributed by atoms with Crippen molar-refractivity contribution in [3.63, 3.8) is 0 Å². The minimum atomic E-state index is -2.98. The quantitative estimate of drug-likeness (QED) is 0.162. The molecule has 0 atom stereocenters. The van der Waals surface area contributed by atoms with Crippen LogP contribution < -0.4 is 15.5 Å². The highest BCUT2D eigenvalue weighted by molar-refractivity contribution is 6.62. The molecule has 2 heterocycles. The normalized spacial score (nSPS) is 25.3. The zero-order chi connectivity index (χ0) is 31.5. The van der Waals surface area contributed by atoms with Gasteiger partial charge in [0.15, 0.2) is 5.58 Å². The standard InChI is InChI=1S/C33H41BF2N2O6/c1-20-22(8-7-9-23(20)34-43-30(2,3)31(4,5)44-34)27-38-24-16-21(25(42-29(35)36)17-26(24)41-27)18-37-15-14-32-10-12-33(19-32,13-11-32)28(39)40-6/h7-9,16-17,29,37H,10-15,18-19H2,1-6H3. The Morgan fingerprint density at radius 1 is 1.09 bits per heavy atom. The third kappa shape index (κ3) is 5.41. The van der Waals surface area contributed by atoms with Gasteiger partial charge in [0, 0.05) is 23.7 Å². The van der Waals surface area contributed by atoms with Crippen LogP contribution >= 0.6 is 0 Å². The fraction of sp³-hybridized carbons (Fsp3) is 0.576. The van der Waals surface area contributed by atoms with Crippen LogP contribution in [-0.4, -0.2) is 49.5 Å². The largest absolute Gasteiger partial charge is 0.495 e.